The maximum Gasteiger partial charge on any atom is 0.261 e. The van der Waals surface area contributed by atoms with E-state index in [1.54, 1.807) is 48.5 Å². The van der Waals surface area contributed by atoms with Gasteiger partial charge in [0.05, 0.1) is 16.7 Å². The highest BCUT2D eigenvalue weighted by Gasteiger charge is 2.41. The number of aryl methyl sites for hydroxylation is 1. The fraction of sp³-hybridized carbons (Fsp3) is 0.273. The van der Waals surface area contributed by atoms with Crippen molar-refractivity contribution in [3.63, 3.8) is 0 Å². The maximum atomic E-state index is 12.6. The molecule has 2 aromatic rings. The predicted molar refractivity (Wildman–Crippen MR) is 107 cm³/mol. The normalized spacial score (nSPS) is 18.8. The summed E-state index contributed by atoms with van der Waals surface area (Å²) in [5.74, 6) is 5.78. The summed E-state index contributed by atoms with van der Waals surface area (Å²) in [6, 6.07) is 15.5. The molecule has 0 radical (unpaired) electrons. The number of carbonyl (C=O) groups excluding carboxylic acids is 1. The average molecular weight is 392 g/mol. The minimum absolute atomic E-state index is 0.0577. The van der Waals surface area contributed by atoms with Gasteiger partial charge in [-0.3, -0.25) is 9.52 Å². The number of benzene rings is 2. The van der Waals surface area contributed by atoms with Crippen LogP contribution in [-0.4, -0.2) is 14.2 Å². The molecule has 142 valence electrons. The zero-order chi connectivity index (χ0) is 20.2. The van der Waals surface area contributed by atoms with E-state index in [1.807, 2.05) is 6.92 Å². The Labute approximate surface area is 165 Å². The number of para-hydroxylation sites is 1. The summed E-state index contributed by atoms with van der Waals surface area (Å²) in [4.78, 5) is 12.2. The summed E-state index contributed by atoms with van der Waals surface area (Å²) in [6.07, 6.45) is 1.81. The second-order valence-corrected chi connectivity index (χ2v) is 8.60. The van der Waals surface area contributed by atoms with Crippen molar-refractivity contribution >= 4 is 21.5 Å². The zero-order valence-electron chi connectivity index (χ0n) is 15.5. The molecule has 0 bridgehead atoms. The van der Waals surface area contributed by atoms with Crippen LogP contribution in [0.3, 0.4) is 0 Å². The Bertz CT molecular complexity index is 1100. The van der Waals surface area contributed by atoms with Crippen molar-refractivity contribution in [2.45, 2.75) is 37.5 Å². The summed E-state index contributed by atoms with van der Waals surface area (Å²) >= 11 is 0. The van der Waals surface area contributed by atoms with E-state index in [0.717, 1.165) is 5.56 Å². The van der Waals surface area contributed by atoms with Gasteiger partial charge in [0.1, 0.15) is 5.41 Å². The molecule has 28 heavy (non-hydrogen) atoms. The van der Waals surface area contributed by atoms with Crippen molar-refractivity contribution in [2.75, 3.05) is 4.72 Å². The van der Waals surface area contributed by atoms with Crippen LogP contribution in [0.15, 0.2) is 53.4 Å². The Morgan fingerprint density at radius 3 is 2.50 bits per heavy atom. The molecule has 1 atom stereocenters. The van der Waals surface area contributed by atoms with Gasteiger partial charge in [0.25, 0.3) is 10.0 Å². The Balaban J connectivity index is 1.84. The highest BCUT2D eigenvalue weighted by molar-refractivity contribution is 7.92. The van der Waals surface area contributed by atoms with E-state index in [0.29, 0.717) is 30.5 Å². The number of sulfonamides is 1. The van der Waals surface area contributed by atoms with Crippen molar-refractivity contribution in [1.82, 2.24) is 0 Å². The van der Waals surface area contributed by atoms with Crippen molar-refractivity contribution in [2.24, 2.45) is 5.41 Å². The third kappa shape index (κ3) is 4.08. The number of rotatable bonds is 4. The lowest BCUT2D eigenvalue weighted by Crippen LogP contribution is -2.22. The molecule has 6 heteroatoms. The van der Waals surface area contributed by atoms with Crippen molar-refractivity contribution in [3.8, 4) is 17.9 Å². The highest BCUT2D eigenvalue weighted by atomic mass is 32.2. The molecule has 0 aliphatic heterocycles. The highest BCUT2D eigenvalue weighted by Crippen LogP contribution is 2.37. The van der Waals surface area contributed by atoms with Gasteiger partial charge >= 0.3 is 0 Å². The minimum Gasteiger partial charge on any atom is -0.298 e. The fourth-order valence-electron chi connectivity index (χ4n) is 3.17. The van der Waals surface area contributed by atoms with Gasteiger partial charge in [-0.05, 0) is 44.0 Å². The van der Waals surface area contributed by atoms with E-state index in [1.165, 1.54) is 0 Å². The molecule has 2 aromatic carbocycles. The lowest BCUT2D eigenvalue weighted by molar-refractivity contribution is -0.123. The van der Waals surface area contributed by atoms with Crippen LogP contribution in [-0.2, 0) is 14.8 Å². The first kappa shape index (κ1) is 19.7. The Morgan fingerprint density at radius 1 is 1.14 bits per heavy atom. The lowest BCUT2D eigenvalue weighted by atomic mass is 9.84. The molecule has 5 nitrogen and oxygen atoms in total. The summed E-state index contributed by atoms with van der Waals surface area (Å²) in [7, 11) is -3.74. The molecule has 1 unspecified atom stereocenters. The van der Waals surface area contributed by atoms with Crippen molar-refractivity contribution in [1.29, 1.82) is 5.26 Å². The van der Waals surface area contributed by atoms with E-state index in [9.17, 15) is 18.5 Å². The number of hydrogen-bond acceptors (Lipinski definition) is 4. The number of Topliss-reactive ketones (excluding diaryl/α,β-unsaturated/α-hetero) is 1. The molecular formula is C22H20N2O3S. The third-order valence-electron chi connectivity index (χ3n) is 4.87. The van der Waals surface area contributed by atoms with Crippen LogP contribution in [0.1, 0.15) is 36.8 Å². The van der Waals surface area contributed by atoms with E-state index >= 15 is 0 Å². The Kier molecular flexibility index (Phi) is 5.53. The average Bonchev–Trinajstić information content (AvgIpc) is 3.04. The Hall–Kier alpha value is -3.09. The van der Waals surface area contributed by atoms with Gasteiger partial charge < -0.3 is 0 Å². The van der Waals surface area contributed by atoms with Gasteiger partial charge in [0.2, 0.25) is 0 Å². The molecule has 1 aliphatic rings. The largest absolute Gasteiger partial charge is 0.298 e. The number of nitriles is 1. The molecule has 1 fully saturated rings. The fourth-order valence-corrected chi connectivity index (χ4v) is 4.25. The van der Waals surface area contributed by atoms with Crippen LogP contribution >= 0.6 is 0 Å². The first-order valence-corrected chi connectivity index (χ1v) is 10.5. The summed E-state index contributed by atoms with van der Waals surface area (Å²) < 4.78 is 27.9. The van der Waals surface area contributed by atoms with E-state index < -0.39 is 15.4 Å². The molecule has 0 saturated heterocycles. The predicted octanol–water partition coefficient (Wildman–Crippen LogP) is 3.80. The third-order valence-corrected chi connectivity index (χ3v) is 6.25. The van der Waals surface area contributed by atoms with Crippen LogP contribution in [0.4, 0.5) is 5.69 Å². The summed E-state index contributed by atoms with van der Waals surface area (Å²) in [5, 5.41) is 9.41. The molecule has 1 aliphatic carbocycles. The van der Waals surface area contributed by atoms with E-state index in [-0.39, 0.29) is 17.1 Å². The number of hydrogen-bond donors (Lipinski definition) is 1. The molecule has 0 aromatic heterocycles. The monoisotopic (exact) mass is 392 g/mol. The Morgan fingerprint density at radius 2 is 1.86 bits per heavy atom. The standard InChI is InChI=1S/C22H20N2O3S/c1-17-10-12-19(13-11-17)28(26,27)24-20-8-3-2-6-18(20)7-4-14-22(16-23)15-5-9-21(22)25/h2-3,6,8,10-13,24H,5,9,14-15H2,1H3. The molecule has 0 amide bonds. The van der Waals surface area contributed by atoms with Crippen molar-refractivity contribution in [3.05, 3.63) is 59.7 Å². The molecule has 1 N–H and O–H groups in total. The van der Waals surface area contributed by atoms with Gasteiger partial charge in [-0.2, -0.15) is 5.26 Å². The second kappa shape index (κ2) is 7.88. The molecular weight excluding hydrogens is 372 g/mol. The number of nitrogens with zero attached hydrogens (tertiary/aromatic N) is 1. The molecule has 0 spiro atoms. The first-order valence-electron chi connectivity index (χ1n) is 8.98. The van der Waals surface area contributed by atoms with Crippen molar-refractivity contribution < 1.29 is 13.2 Å². The quantitative estimate of drug-likeness (QED) is 0.802. The SMILES string of the molecule is Cc1ccc(S(=O)(=O)Nc2ccccc2C#CCC2(C#N)CCCC2=O)cc1. The van der Waals surface area contributed by atoms with Crippen LogP contribution in [0, 0.1) is 35.5 Å². The van der Waals surface area contributed by atoms with Crippen LogP contribution in [0.2, 0.25) is 0 Å². The van der Waals surface area contributed by atoms with Crippen LogP contribution in [0.25, 0.3) is 0 Å². The molecule has 0 heterocycles. The number of carbonyl (C=O) groups is 1. The van der Waals surface area contributed by atoms with Gasteiger partial charge in [-0.25, -0.2) is 8.42 Å². The van der Waals surface area contributed by atoms with Crippen LogP contribution in [0.5, 0.6) is 0 Å². The number of nitrogens with one attached hydrogen (secondary N) is 1. The zero-order valence-corrected chi connectivity index (χ0v) is 16.3. The van der Waals surface area contributed by atoms with Gasteiger partial charge in [0, 0.05) is 18.4 Å². The topological polar surface area (TPSA) is 87.0 Å². The van der Waals surface area contributed by atoms with Gasteiger partial charge in [-0.1, -0.05) is 41.7 Å². The van der Waals surface area contributed by atoms with Crippen LogP contribution < -0.4 is 4.72 Å². The first-order chi connectivity index (χ1) is 13.4. The van der Waals surface area contributed by atoms with Gasteiger partial charge in [-0.15, -0.1) is 0 Å². The molecule has 1 saturated carbocycles. The number of anilines is 1. The van der Waals surface area contributed by atoms with E-state index in [2.05, 4.69) is 22.6 Å². The summed E-state index contributed by atoms with van der Waals surface area (Å²) in [5.41, 5.74) is 0.803. The second-order valence-electron chi connectivity index (χ2n) is 6.91. The maximum absolute atomic E-state index is 12.6. The number of ketones is 1. The minimum atomic E-state index is -3.74. The summed E-state index contributed by atoms with van der Waals surface area (Å²) in [6.45, 7) is 1.89. The smallest absolute Gasteiger partial charge is 0.261 e. The van der Waals surface area contributed by atoms with Gasteiger partial charge in [0.15, 0.2) is 5.78 Å². The molecule has 3 rings (SSSR count). The lowest BCUT2D eigenvalue weighted by Gasteiger charge is -2.14. The van der Waals surface area contributed by atoms with E-state index in [4.69, 9.17) is 0 Å².